The van der Waals surface area contributed by atoms with Crippen LogP contribution in [0.5, 0.6) is 0 Å². The molecule has 1 aliphatic heterocycles. The second-order valence-electron chi connectivity index (χ2n) is 6.45. The molecule has 2 N–H and O–H groups in total. The lowest BCUT2D eigenvalue weighted by Gasteiger charge is -2.39. The number of hydrogen-bond donors (Lipinski definition) is 2. The van der Waals surface area contributed by atoms with Gasteiger partial charge >= 0.3 is 5.97 Å². The first-order valence-corrected chi connectivity index (χ1v) is 7.94. The number of carbonyl (C=O) groups is 1. The average Bonchev–Trinajstić information content (AvgIpc) is 2.99. The standard InChI is InChI=1S/C15H29N3O2/c1-15(16-2,14(19)20)7-8-17-9-11-18(12-10-17)13-5-3-4-6-13/h13,16H,3-12H2,1-2H3,(H,19,20). The molecule has 0 aromatic heterocycles. The Morgan fingerprint density at radius 1 is 1.25 bits per heavy atom. The molecule has 1 saturated carbocycles. The fourth-order valence-electron chi connectivity index (χ4n) is 3.34. The number of nitrogens with zero attached hydrogens (tertiary/aromatic N) is 2. The molecule has 2 fully saturated rings. The van der Waals surface area contributed by atoms with Crippen molar-refractivity contribution < 1.29 is 9.90 Å². The second kappa shape index (κ2) is 6.87. The molecule has 1 heterocycles. The molecule has 1 aliphatic carbocycles. The molecule has 5 nitrogen and oxygen atoms in total. The lowest BCUT2D eigenvalue weighted by molar-refractivity contribution is -0.144. The van der Waals surface area contributed by atoms with Crippen LogP contribution in [0.15, 0.2) is 0 Å². The number of rotatable bonds is 6. The molecular weight excluding hydrogens is 254 g/mol. The van der Waals surface area contributed by atoms with E-state index < -0.39 is 11.5 Å². The largest absolute Gasteiger partial charge is 0.480 e. The first kappa shape index (κ1) is 15.7. The Hall–Kier alpha value is -0.650. The van der Waals surface area contributed by atoms with Crippen molar-refractivity contribution in [2.45, 2.75) is 50.6 Å². The van der Waals surface area contributed by atoms with E-state index >= 15 is 0 Å². The fraction of sp³-hybridized carbons (Fsp3) is 0.933. The normalized spacial score (nSPS) is 25.7. The molecule has 0 aromatic rings. The lowest BCUT2D eigenvalue weighted by Crippen LogP contribution is -2.53. The van der Waals surface area contributed by atoms with Crippen LogP contribution in [0.25, 0.3) is 0 Å². The number of carboxylic acid groups (broad SMARTS) is 1. The Morgan fingerprint density at radius 2 is 1.85 bits per heavy atom. The highest BCUT2D eigenvalue weighted by Gasteiger charge is 2.32. The maximum Gasteiger partial charge on any atom is 0.323 e. The summed E-state index contributed by atoms with van der Waals surface area (Å²) in [5.74, 6) is -0.760. The van der Waals surface area contributed by atoms with Gasteiger partial charge in [-0.2, -0.15) is 0 Å². The summed E-state index contributed by atoms with van der Waals surface area (Å²) in [6.45, 7) is 7.08. The lowest BCUT2D eigenvalue weighted by atomic mass is 9.98. The van der Waals surface area contributed by atoms with E-state index in [0.717, 1.165) is 38.8 Å². The molecule has 1 saturated heterocycles. The van der Waals surface area contributed by atoms with E-state index in [2.05, 4.69) is 15.1 Å². The van der Waals surface area contributed by atoms with E-state index in [-0.39, 0.29) is 0 Å². The third kappa shape index (κ3) is 3.71. The Kier molecular flexibility index (Phi) is 5.41. The fourth-order valence-corrected chi connectivity index (χ4v) is 3.34. The van der Waals surface area contributed by atoms with Gasteiger partial charge in [0.25, 0.3) is 0 Å². The summed E-state index contributed by atoms with van der Waals surface area (Å²) in [7, 11) is 1.73. The van der Waals surface area contributed by atoms with Gasteiger partial charge in [-0.1, -0.05) is 12.8 Å². The highest BCUT2D eigenvalue weighted by Crippen LogP contribution is 2.24. The van der Waals surface area contributed by atoms with Crippen molar-refractivity contribution in [2.24, 2.45) is 0 Å². The van der Waals surface area contributed by atoms with E-state index in [1.54, 1.807) is 14.0 Å². The Balaban J connectivity index is 1.72. The van der Waals surface area contributed by atoms with Gasteiger partial charge < -0.3 is 15.3 Å². The van der Waals surface area contributed by atoms with Crippen LogP contribution >= 0.6 is 0 Å². The predicted molar refractivity (Wildman–Crippen MR) is 80.0 cm³/mol. The number of likely N-dealkylation sites (N-methyl/N-ethyl adjacent to an activating group) is 1. The maximum absolute atomic E-state index is 11.3. The van der Waals surface area contributed by atoms with Gasteiger partial charge in [0, 0.05) is 38.8 Å². The third-order valence-corrected chi connectivity index (χ3v) is 5.20. The smallest absolute Gasteiger partial charge is 0.323 e. The molecule has 0 amide bonds. The number of piperazine rings is 1. The van der Waals surface area contributed by atoms with E-state index in [0.29, 0.717) is 6.42 Å². The van der Waals surface area contributed by atoms with Crippen LogP contribution in [0, 0.1) is 0 Å². The summed E-state index contributed by atoms with van der Waals surface area (Å²) in [6.07, 6.45) is 6.18. The average molecular weight is 283 g/mol. The van der Waals surface area contributed by atoms with Crippen LogP contribution in [0.3, 0.4) is 0 Å². The number of aliphatic carboxylic acids is 1. The second-order valence-corrected chi connectivity index (χ2v) is 6.45. The van der Waals surface area contributed by atoms with Crippen LogP contribution < -0.4 is 5.32 Å². The first-order valence-electron chi connectivity index (χ1n) is 7.94. The van der Waals surface area contributed by atoms with Crippen molar-refractivity contribution in [2.75, 3.05) is 39.8 Å². The first-order chi connectivity index (χ1) is 9.55. The van der Waals surface area contributed by atoms with Crippen LogP contribution in [0.1, 0.15) is 39.0 Å². The van der Waals surface area contributed by atoms with Crippen molar-refractivity contribution in [3.8, 4) is 0 Å². The van der Waals surface area contributed by atoms with Gasteiger partial charge in [-0.15, -0.1) is 0 Å². The molecule has 0 aromatic carbocycles. The topological polar surface area (TPSA) is 55.8 Å². The molecule has 0 bridgehead atoms. The van der Waals surface area contributed by atoms with Gasteiger partial charge in [0.05, 0.1) is 0 Å². The molecule has 0 spiro atoms. The molecule has 116 valence electrons. The molecule has 5 heteroatoms. The summed E-state index contributed by atoms with van der Waals surface area (Å²) in [5, 5.41) is 12.2. The van der Waals surface area contributed by atoms with E-state index in [1.165, 1.54) is 25.7 Å². The molecule has 1 atom stereocenters. The number of nitrogens with one attached hydrogen (secondary N) is 1. The third-order valence-electron chi connectivity index (χ3n) is 5.20. The number of carboxylic acids is 1. The minimum Gasteiger partial charge on any atom is -0.480 e. The van der Waals surface area contributed by atoms with Crippen LogP contribution in [-0.4, -0.2) is 72.2 Å². The molecule has 2 rings (SSSR count). The Bertz CT molecular complexity index is 323. The maximum atomic E-state index is 11.3. The number of hydrogen-bond acceptors (Lipinski definition) is 4. The summed E-state index contributed by atoms with van der Waals surface area (Å²) in [4.78, 5) is 16.3. The summed E-state index contributed by atoms with van der Waals surface area (Å²) >= 11 is 0. The van der Waals surface area contributed by atoms with Gasteiger partial charge in [-0.25, -0.2) is 0 Å². The summed E-state index contributed by atoms with van der Waals surface area (Å²) in [6, 6.07) is 0.818. The van der Waals surface area contributed by atoms with Crippen LogP contribution in [0.2, 0.25) is 0 Å². The minimum absolute atomic E-state index is 0.655. The Morgan fingerprint density at radius 3 is 2.35 bits per heavy atom. The highest BCUT2D eigenvalue weighted by molar-refractivity contribution is 5.78. The van der Waals surface area contributed by atoms with E-state index in [4.69, 9.17) is 0 Å². The Labute approximate surface area is 122 Å². The van der Waals surface area contributed by atoms with Gasteiger partial charge in [0.15, 0.2) is 0 Å². The van der Waals surface area contributed by atoms with Crippen molar-refractivity contribution >= 4 is 5.97 Å². The summed E-state index contributed by atoms with van der Waals surface area (Å²) < 4.78 is 0. The van der Waals surface area contributed by atoms with Gasteiger partial charge in [0.1, 0.15) is 5.54 Å². The molecular formula is C15H29N3O2. The van der Waals surface area contributed by atoms with E-state index in [9.17, 15) is 9.90 Å². The van der Waals surface area contributed by atoms with Gasteiger partial charge in [-0.05, 0) is 33.2 Å². The monoisotopic (exact) mass is 283 g/mol. The van der Waals surface area contributed by atoms with Gasteiger partial charge in [-0.3, -0.25) is 9.69 Å². The van der Waals surface area contributed by atoms with Crippen molar-refractivity contribution in [3.63, 3.8) is 0 Å². The van der Waals surface area contributed by atoms with Gasteiger partial charge in [0.2, 0.25) is 0 Å². The zero-order valence-corrected chi connectivity index (χ0v) is 12.9. The molecule has 20 heavy (non-hydrogen) atoms. The van der Waals surface area contributed by atoms with Crippen LogP contribution in [0.4, 0.5) is 0 Å². The zero-order chi connectivity index (χ0) is 14.6. The SMILES string of the molecule is CNC(C)(CCN1CCN(C2CCCC2)CC1)C(=O)O. The van der Waals surface area contributed by atoms with Crippen molar-refractivity contribution in [1.29, 1.82) is 0 Å². The minimum atomic E-state index is -0.803. The van der Waals surface area contributed by atoms with Crippen molar-refractivity contribution in [3.05, 3.63) is 0 Å². The zero-order valence-electron chi connectivity index (χ0n) is 12.9. The predicted octanol–water partition coefficient (Wildman–Crippen LogP) is 0.999. The quantitative estimate of drug-likeness (QED) is 0.761. The molecule has 2 aliphatic rings. The van der Waals surface area contributed by atoms with Crippen molar-refractivity contribution in [1.82, 2.24) is 15.1 Å². The summed E-state index contributed by atoms with van der Waals surface area (Å²) in [5.41, 5.74) is -0.803. The molecule has 0 radical (unpaired) electrons. The van der Waals surface area contributed by atoms with Crippen LogP contribution in [-0.2, 0) is 4.79 Å². The molecule has 1 unspecified atom stereocenters. The van der Waals surface area contributed by atoms with E-state index in [1.807, 2.05) is 0 Å². The highest BCUT2D eigenvalue weighted by atomic mass is 16.4.